The van der Waals surface area contributed by atoms with Crippen LogP contribution in [0.5, 0.6) is 0 Å². The summed E-state index contributed by atoms with van der Waals surface area (Å²) in [6, 6.07) is 0. The second-order valence-electron chi connectivity index (χ2n) is 6.58. The highest BCUT2D eigenvalue weighted by Gasteiger charge is 2.35. The molecular formula is C15H27NO2S. The van der Waals surface area contributed by atoms with Crippen LogP contribution in [-0.4, -0.2) is 34.8 Å². The molecule has 3 nitrogen and oxygen atoms in total. The molecule has 1 heterocycles. The molecule has 4 heteroatoms. The highest BCUT2D eigenvalue weighted by atomic mass is 32.2. The standard InChI is InChI=1S/C15H27NO2S/c1-15(2,3)9-7-5-6-8-10-19-12-11-13(17)16(4)14(12)18/h12H,5-11H2,1-4H3. The zero-order valence-electron chi connectivity index (χ0n) is 12.7. The van der Waals surface area contributed by atoms with E-state index in [-0.39, 0.29) is 17.1 Å². The molecule has 19 heavy (non-hydrogen) atoms. The van der Waals surface area contributed by atoms with E-state index < -0.39 is 0 Å². The molecule has 0 aromatic rings. The van der Waals surface area contributed by atoms with Crippen LogP contribution >= 0.6 is 11.8 Å². The molecule has 0 aromatic heterocycles. The fourth-order valence-electron chi connectivity index (χ4n) is 2.19. The van der Waals surface area contributed by atoms with Crippen LogP contribution in [0.4, 0.5) is 0 Å². The van der Waals surface area contributed by atoms with Crippen molar-refractivity contribution < 1.29 is 9.59 Å². The second-order valence-corrected chi connectivity index (χ2v) is 7.89. The number of likely N-dealkylation sites (tertiary alicyclic amines) is 1. The van der Waals surface area contributed by atoms with Crippen LogP contribution in [0.25, 0.3) is 0 Å². The van der Waals surface area contributed by atoms with Crippen molar-refractivity contribution in [3.05, 3.63) is 0 Å². The summed E-state index contributed by atoms with van der Waals surface area (Å²) in [6.45, 7) is 6.84. The number of unbranched alkanes of at least 4 members (excludes halogenated alkanes) is 3. The number of carbonyl (C=O) groups excluding carboxylic acids is 2. The fraction of sp³-hybridized carbons (Fsp3) is 0.867. The van der Waals surface area contributed by atoms with E-state index in [0.29, 0.717) is 11.8 Å². The van der Waals surface area contributed by atoms with Crippen molar-refractivity contribution in [1.82, 2.24) is 4.90 Å². The summed E-state index contributed by atoms with van der Waals surface area (Å²) in [4.78, 5) is 24.3. The van der Waals surface area contributed by atoms with E-state index in [1.807, 2.05) is 0 Å². The summed E-state index contributed by atoms with van der Waals surface area (Å²) in [6.07, 6.45) is 6.61. The van der Waals surface area contributed by atoms with E-state index in [9.17, 15) is 9.59 Å². The summed E-state index contributed by atoms with van der Waals surface area (Å²) in [5.74, 6) is 0.947. The minimum Gasteiger partial charge on any atom is -0.285 e. The lowest BCUT2D eigenvalue weighted by Crippen LogP contribution is -2.26. The van der Waals surface area contributed by atoms with Gasteiger partial charge in [0.2, 0.25) is 11.8 Å². The van der Waals surface area contributed by atoms with Gasteiger partial charge in [-0.05, 0) is 24.0 Å². The molecule has 1 aliphatic heterocycles. The van der Waals surface area contributed by atoms with Crippen LogP contribution in [0.15, 0.2) is 0 Å². The Morgan fingerprint density at radius 2 is 1.79 bits per heavy atom. The van der Waals surface area contributed by atoms with Crippen molar-refractivity contribution in [3.8, 4) is 0 Å². The van der Waals surface area contributed by atoms with E-state index in [1.165, 1.54) is 30.6 Å². The minimum absolute atomic E-state index is 0.0114. The molecule has 1 atom stereocenters. The first kappa shape index (κ1) is 16.5. The van der Waals surface area contributed by atoms with Gasteiger partial charge in [-0.15, -0.1) is 11.8 Å². The average Bonchev–Trinajstić information content (AvgIpc) is 2.54. The van der Waals surface area contributed by atoms with Gasteiger partial charge in [0.1, 0.15) is 0 Å². The number of hydrogen-bond donors (Lipinski definition) is 0. The van der Waals surface area contributed by atoms with Crippen LogP contribution < -0.4 is 0 Å². The molecular weight excluding hydrogens is 258 g/mol. The molecule has 0 spiro atoms. The molecule has 2 amide bonds. The Labute approximate surface area is 121 Å². The molecule has 1 saturated heterocycles. The third-order valence-corrected chi connectivity index (χ3v) is 4.78. The monoisotopic (exact) mass is 285 g/mol. The third kappa shape index (κ3) is 5.98. The molecule has 0 saturated carbocycles. The van der Waals surface area contributed by atoms with Crippen molar-refractivity contribution in [2.24, 2.45) is 5.41 Å². The van der Waals surface area contributed by atoms with Gasteiger partial charge < -0.3 is 0 Å². The van der Waals surface area contributed by atoms with E-state index in [4.69, 9.17) is 0 Å². The molecule has 1 aliphatic rings. The Hall–Kier alpha value is -0.510. The van der Waals surface area contributed by atoms with Gasteiger partial charge in [-0.2, -0.15) is 0 Å². The highest BCUT2D eigenvalue weighted by Crippen LogP contribution is 2.26. The Bertz CT molecular complexity index is 323. The molecule has 1 unspecified atom stereocenters. The Balaban J connectivity index is 2.03. The average molecular weight is 285 g/mol. The molecule has 0 radical (unpaired) electrons. The largest absolute Gasteiger partial charge is 0.285 e. The van der Waals surface area contributed by atoms with Crippen molar-refractivity contribution >= 4 is 23.6 Å². The summed E-state index contributed by atoms with van der Waals surface area (Å²) in [5, 5.41) is -0.118. The van der Waals surface area contributed by atoms with Crippen molar-refractivity contribution in [2.75, 3.05) is 12.8 Å². The maximum atomic E-state index is 11.7. The van der Waals surface area contributed by atoms with E-state index >= 15 is 0 Å². The molecule has 1 rings (SSSR count). The number of rotatable bonds is 7. The topological polar surface area (TPSA) is 37.4 Å². The maximum absolute atomic E-state index is 11.7. The summed E-state index contributed by atoms with van der Waals surface area (Å²) in [7, 11) is 1.58. The first-order valence-corrected chi connectivity index (χ1v) is 8.28. The van der Waals surface area contributed by atoms with Crippen LogP contribution in [0, 0.1) is 5.41 Å². The van der Waals surface area contributed by atoms with Gasteiger partial charge in [0.25, 0.3) is 0 Å². The van der Waals surface area contributed by atoms with Crippen molar-refractivity contribution in [2.45, 2.75) is 64.5 Å². The molecule has 1 fully saturated rings. The van der Waals surface area contributed by atoms with Gasteiger partial charge in [-0.1, -0.05) is 40.0 Å². The van der Waals surface area contributed by atoms with E-state index in [2.05, 4.69) is 20.8 Å². The quantitative estimate of drug-likeness (QED) is 0.531. The lowest BCUT2D eigenvalue weighted by molar-refractivity contribution is -0.136. The maximum Gasteiger partial charge on any atom is 0.242 e. The molecule has 0 N–H and O–H groups in total. The first-order chi connectivity index (χ1) is 8.81. The molecule has 110 valence electrons. The van der Waals surface area contributed by atoms with Crippen molar-refractivity contribution in [3.63, 3.8) is 0 Å². The first-order valence-electron chi connectivity index (χ1n) is 7.23. The lowest BCUT2D eigenvalue weighted by atomic mass is 9.89. The number of thioether (sulfide) groups is 1. The fourth-order valence-corrected chi connectivity index (χ4v) is 3.40. The van der Waals surface area contributed by atoms with Gasteiger partial charge in [-0.3, -0.25) is 14.5 Å². The number of carbonyl (C=O) groups is 2. The summed E-state index contributed by atoms with van der Waals surface area (Å²) < 4.78 is 0. The Morgan fingerprint density at radius 3 is 2.32 bits per heavy atom. The second kappa shape index (κ2) is 7.32. The lowest BCUT2D eigenvalue weighted by Gasteiger charge is -2.17. The normalized spacial score (nSPS) is 20.4. The SMILES string of the molecule is CN1C(=O)CC(SCCCCCCC(C)(C)C)C1=O. The number of imide groups is 1. The van der Waals surface area contributed by atoms with E-state index in [1.54, 1.807) is 18.8 Å². The third-order valence-electron chi connectivity index (χ3n) is 3.48. The number of hydrogen-bond acceptors (Lipinski definition) is 3. The summed E-state index contributed by atoms with van der Waals surface area (Å²) >= 11 is 1.65. The zero-order chi connectivity index (χ0) is 14.5. The summed E-state index contributed by atoms with van der Waals surface area (Å²) in [5.41, 5.74) is 0.440. The number of nitrogens with zero attached hydrogens (tertiary/aromatic N) is 1. The minimum atomic E-state index is -0.118. The smallest absolute Gasteiger partial charge is 0.242 e. The van der Waals surface area contributed by atoms with Gasteiger partial charge in [0.15, 0.2) is 0 Å². The number of amides is 2. The molecule has 0 aliphatic carbocycles. The van der Waals surface area contributed by atoms with E-state index in [0.717, 1.165) is 12.2 Å². The molecule has 0 bridgehead atoms. The zero-order valence-corrected chi connectivity index (χ0v) is 13.5. The Kier molecular flexibility index (Phi) is 6.37. The van der Waals surface area contributed by atoms with Crippen LogP contribution in [0.3, 0.4) is 0 Å². The Morgan fingerprint density at radius 1 is 1.16 bits per heavy atom. The van der Waals surface area contributed by atoms with Crippen LogP contribution in [-0.2, 0) is 9.59 Å². The van der Waals surface area contributed by atoms with Gasteiger partial charge in [0.05, 0.1) is 5.25 Å². The van der Waals surface area contributed by atoms with Gasteiger partial charge in [0, 0.05) is 13.5 Å². The van der Waals surface area contributed by atoms with Crippen molar-refractivity contribution in [1.29, 1.82) is 0 Å². The van der Waals surface area contributed by atoms with Crippen LogP contribution in [0.2, 0.25) is 0 Å². The van der Waals surface area contributed by atoms with Crippen LogP contribution in [0.1, 0.15) is 59.3 Å². The van der Waals surface area contributed by atoms with Gasteiger partial charge >= 0.3 is 0 Å². The predicted octanol–water partition coefficient (Wildman–Crippen LogP) is 3.47. The predicted molar refractivity (Wildman–Crippen MR) is 81.2 cm³/mol. The highest BCUT2D eigenvalue weighted by molar-refractivity contribution is 8.00. The van der Waals surface area contributed by atoms with Gasteiger partial charge in [-0.25, -0.2) is 0 Å². The molecule has 0 aromatic carbocycles.